The molecule has 0 radical (unpaired) electrons. The molecule has 158 valence electrons. The van der Waals surface area contributed by atoms with E-state index in [1.807, 2.05) is 61.2 Å². The summed E-state index contributed by atoms with van der Waals surface area (Å²) in [6, 6.07) is 13.7. The van der Waals surface area contributed by atoms with E-state index in [0.717, 1.165) is 29.7 Å². The lowest BCUT2D eigenvalue weighted by atomic mass is 10.1. The van der Waals surface area contributed by atoms with Gasteiger partial charge in [0.1, 0.15) is 5.75 Å². The molecule has 0 saturated heterocycles. The van der Waals surface area contributed by atoms with Crippen LogP contribution in [-0.2, 0) is 13.0 Å². The van der Waals surface area contributed by atoms with Crippen LogP contribution < -0.4 is 19.5 Å². The molecule has 0 fully saturated rings. The van der Waals surface area contributed by atoms with E-state index < -0.39 is 0 Å². The Morgan fingerprint density at radius 3 is 2.28 bits per heavy atom. The molecule has 29 heavy (non-hydrogen) atoms. The molecule has 6 nitrogen and oxygen atoms in total. The van der Waals surface area contributed by atoms with Crippen molar-refractivity contribution in [3.05, 3.63) is 53.6 Å². The highest BCUT2D eigenvalue weighted by atomic mass is 16.5. The Labute approximate surface area is 173 Å². The number of hydrogen-bond acceptors (Lipinski definition) is 4. The SMILES string of the molecule is CCCNC(=O)N(CCc1ccc(OC)c(OC)c1)Cc1ccc(OCC)cc1. The Morgan fingerprint density at radius 2 is 1.66 bits per heavy atom. The van der Waals surface area contributed by atoms with E-state index in [2.05, 4.69) is 5.32 Å². The lowest BCUT2D eigenvalue weighted by molar-refractivity contribution is 0.196. The summed E-state index contributed by atoms with van der Waals surface area (Å²) in [5.74, 6) is 2.23. The number of benzene rings is 2. The van der Waals surface area contributed by atoms with Crippen LogP contribution in [0.5, 0.6) is 17.2 Å². The number of methoxy groups -OCH3 is 2. The van der Waals surface area contributed by atoms with Gasteiger partial charge in [0.15, 0.2) is 11.5 Å². The summed E-state index contributed by atoms with van der Waals surface area (Å²) in [4.78, 5) is 14.5. The van der Waals surface area contributed by atoms with Gasteiger partial charge in [-0.1, -0.05) is 25.1 Å². The van der Waals surface area contributed by atoms with Crippen LogP contribution in [0.2, 0.25) is 0 Å². The predicted octanol–water partition coefficient (Wildman–Crippen LogP) is 4.27. The molecule has 0 atom stereocenters. The van der Waals surface area contributed by atoms with Crippen LogP contribution >= 0.6 is 0 Å². The zero-order chi connectivity index (χ0) is 21.1. The van der Waals surface area contributed by atoms with E-state index >= 15 is 0 Å². The lowest BCUT2D eigenvalue weighted by Crippen LogP contribution is -2.40. The van der Waals surface area contributed by atoms with Gasteiger partial charge in [0.2, 0.25) is 0 Å². The molecule has 2 amide bonds. The molecule has 0 saturated carbocycles. The average molecular weight is 401 g/mol. The number of ether oxygens (including phenoxy) is 3. The lowest BCUT2D eigenvalue weighted by Gasteiger charge is -2.23. The maximum atomic E-state index is 12.7. The van der Waals surface area contributed by atoms with Crippen molar-refractivity contribution in [1.82, 2.24) is 10.2 Å². The van der Waals surface area contributed by atoms with Crippen molar-refractivity contribution in [3.8, 4) is 17.2 Å². The Bertz CT molecular complexity index is 762. The number of hydrogen-bond donors (Lipinski definition) is 1. The average Bonchev–Trinajstić information content (AvgIpc) is 2.76. The van der Waals surface area contributed by atoms with E-state index in [-0.39, 0.29) is 6.03 Å². The van der Waals surface area contributed by atoms with Crippen LogP contribution in [0.1, 0.15) is 31.4 Å². The molecule has 2 rings (SSSR count). The second-order valence-corrected chi connectivity index (χ2v) is 6.67. The van der Waals surface area contributed by atoms with Crippen LogP contribution in [0.4, 0.5) is 4.79 Å². The van der Waals surface area contributed by atoms with Gasteiger partial charge in [-0.3, -0.25) is 0 Å². The minimum atomic E-state index is -0.0544. The van der Waals surface area contributed by atoms with Gasteiger partial charge in [-0.05, 0) is 55.2 Å². The molecule has 0 spiro atoms. The molecule has 0 unspecified atom stereocenters. The molecule has 0 heterocycles. The Kier molecular flexibility index (Phi) is 9.15. The van der Waals surface area contributed by atoms with Crippen molar-refractivity contribution >= 4 is 6.03 Å². The van der Waals surface area contributed by atoms with Gasteiger partial charge in [0, 0.05) is 19.6 Å². The van der Waals surface area contributed by atoms with E-state index in [1.54, 1.807) is 14.2 Å². The number of carbonyl (C=O) groups is 1. The molecule has 0 aromatic heterocycles. The number of nitrogens with zero attached hydrogens (tertiary/aromatic N) is 1. The van der Waals surface area contributed by atoms with Gasteiger partial charge in [-0.2, -0.15) is 0 Å². The number of urea groups is 1. The van der Waals surface area contributed by atoms with Crippen molar-refractivity contribution in [3.63, 3.8) is 0 Å². The van der Waals surface area contributed by atoms with Gasteiger partial charge in [-0.25, -0.2) is 4.79 Å². The summed E-state index contributed by atoms with van der Waals surface area (Å²) in [6.07, 6.45) is 1.62. The van der Waals surface area contributed by atoms with Crippen LogP contribution in [0, 0.1) is 0 Å². The fraction of sp³-hybridized carbons (Fsp3) is 0.435. The third kappa shape index (κ3) is 6.89. The van der Waals surface area contributed by atoms with E-state index in [9.17, 15) is 4.79 Å². The molecule has 1 N–H and O–H groups in total. The maximum Gasteiger partial charge on any atom is 0.317 e. The minimum Gasteiger partial charge on any atom is -0.494 e. The third-order valence-corrected chi connectivity index (χ3v) is 4.54. The second kappa shape index (κ2) is 11.8. The summed E-state index contributed by atoms with van der Waals surface area (Å²) >= 11 is 0. The normalized spacial score (nSPS) is 10.3. The number of nitrogens with one attached hydrogen (secondary N) is 1. The van der Waals surface area contributed by atoms with Crippen molar-refractivity contribution in [2.45, 2.75) is 33.2 Å². The Morgan fingerprint density at radius 1 is 0.966 bits per heavy atom. The third-order valence-electron chi connectivity index (χ3n) is 4.54. The zero-order valence-electron chi connectivity index (χ0n) is 17.9. The summed E-state index contributed by atoms with van der Waals surface area (Å²) in [6.45, 7) is 6.43. The van der Waals surface area contributed by atoms with E-state index in [0.29, 0.717) is 37.7 Å². The number of carbonyl (C=O) groups excluding carboxylic acids is 1. The van der Waals surface area contributed by atoms with Gasteiger partial charge < -0.3 is 24.4 Å². The van der Waals surface area contributed by atoms with Crippen molar-refractivity contribution in [2.24, 2.45) is 0 Å². The Hall–Kier alpha value is -2.89. The molecule has 0 aliphatic rings. The van der Waals surface area contributed by atoms with Crippen LogP contribution in [0.15, 0.2) is 42.5 Å². The van der Waals surface area contributed by atoms with Crippen molar-refractivity contribution < 1.29 is 19.0 Å². The van der Waals surface area contributed by atoms with E-state index in [4.69, 9.17) is 14.2 Å². The quantitative estimate of drug-likeness (QED) is 0.612. The van der Waals surface area contributed by atoms with Crippen LogP contribution in [0.25, 0.3) is 0 Å². The largest absolute Gasteiger partial charge is 0.494 e. The minimum absolute atomic E-state index is 0.0544. The first-order chi connectivity index (χ1) is 14.1. The molecule has 0 bridgehead atoms. The second-order valence-electron chi connectivity index (χ2n) is 6.67. The molecule has 0 aliphatic heterocycles. The summed E-state index contributed by atoms with van der Waals surface area (Å²) in [5.41, 5.74) is 2.15. The standard InChI is InChI=1S/C23H32N2O4/c1-5-14-24-23(26)25(17-19-7-10-20(11-8-19)29-6-2)15-13-18-9-12-21(27-3)22(16-18)28-4/h7-12,16H,5-6,13-15,17H2,1-4H3,(H,24,26). The summed E-state index contributed by atoms with van der Waals surface area (Å²) in [7, 11) is 3.24. The number of rotatable bonds is 11. The van der Waals surface area contributed by atoms with Gasteiger partial charge in [0.05, 0.1) is 20.8 Å². The molecule has 2 aromatic rings. The number of amides is 2. The highest BCUT2D eigenvalue weighted by Crippen LogP contribution is 2.27. The summed E-state index contributed by atoms with van der Waals surface area (Å²) < 4.78 is 16.2. The van der Waals surface area contributed by atoms with Gasteiger partial charge >= 0.3 is 6.03 Å². The van der Waals surface area contributed by atoms with Crippen LogP contribution in [-0.4, -0.2) is 44.8 Å². The fourth-order valence-corrected chi connectivity index (χ4v) is 2.97. The fourth-order valence-electron chi connectivity index (χ4n) is 2.97. The molecule has 2 aromatic carbocycles. The zero-order valence-corrected chi connectivity index (χ0v) is 17.9. The van der Waals surface area contributed by atoms with E-state index in [1.165, 1.54) is 0 Å². The Balaban J connectivity index is 2.08. The molecular formula is C23H32N2O4. The summed E-state index contributed by atoms with van der Waals surface area (Å²) in [5, 5.41) is 2.98. The molecular weight excluding hydrogens is 368 g/mol. The topological polar surface area (TPSA) is 60.0 Å². The highest BCUT2D eigenvalue weighted by Gasteiger charge is 2.14. The monoisotopic (exact) mass is 400 g/mol. The molecule has 0 aliphatic carbocycles. The van der Waals surface area contributed by atoms with Crippen molar-refractivity contribution in [2.75, 3.05) is 33.9 Å². The first-order valence-corrected chi connectivity index (χ1v) is 10.1. The smallest absolute Gasteiger partial charge is 0.317 e. The first kappa shape index (κ1) is 22.4. The molecule has 6 heteroatoms. The van der Waals surface area contributed by atoms with Crippen molar-refractivity contribution in [1.29, 1.82) is 0 Å². The predicted molar refractivity (Wildman–Crippen MR) is 115 cm³/mol. The maximum absolute atomic E-state index is 12.7. The van der Waals surface area contributed by atoms with Gasteiger partial charge in [0.25, 0.3) is 0 Å². The van der Waals surface area contributed by atoms with Crippen LogP contribution in [0.3, 0.4) is 0 Å². The first-order valence-electron chi connectivity index (χ1n) is 10.1. The van der Waals surface area contributed by atoms with Gasteiger partial charge in [-0.15, -0.1) is 0 Å². The highest BCUT2D eigenvalue weighted by molar-refractivity contribution is 5.74.